The maximum atomic E-state index is 11.9. The van der Waals surface area contributed by atoms with E-state index in [1.807, 2.05) is 0 Å². The molecule has 0 saturated carbocycles. The molecule has 2 rings (SSSR count). The fourth-order valence-corrected chi connectivity index (χ4v) is 3.00. The zero-order valence-corrected chi connectivity index (χ0v) is 9.91. The van der Waals surface area contributed by atoms with Gasteiger partial charge in [-0.05, 0) is 6.92 Å². The van der Waals surface area contributed by atoms with E-state index in [1.165, 1.54) is 13.0 Å². The first-order valence-electron chi connectivity index (χ1n) is 4.62. The number of rotatable bonds is 2. The lowest BCUT2D eigenvalue weighted by molar-refractivity contribution is -0.140. The molecule has 0 unspecified atom stereocenters. The number of fused-ring (bicyclic) bond motifs is 1. The lowest BCUT2D eigenvalue weighted by Gasteiger charge is -2.12. The highest BCUT2D eigenvalue weighted by Crippen LogP contribution is 2.32. The number of sulfonamides is 1. The Morgan fingerprint density at radius 2 is 2.18 bits per heavy atom. The van der Waals surface area contributed by atoms with Crippen LogP contribution < -0.4 is 0 Å². The first-order valence-corrected chi connectivity index (χ1v) is 6.06. The highest BCUT2D eigenvalue weighted by Gasteiger charge is 2.45. The molecule has 92 valence electrons. The molecule has 0 bridgehead atoms. The van der Waals surface area contributed by atoms with Crippen molar-refractivity contribution in [3.8, 4) is 0 Å². The number of furan rings is 1. The lowest BCUT2D eigenvalue weighted by atomic mass is 10.4. The number of methoxy groups -OCH3 is 1. The van der Waals surface area contributed by atoms with E-state index in [-0.39, 0.29) is 10.7 Å². The Morgan fingerprint density at radius 3 is 2.71 bits per heavy atom. The molecule has 17 heavy (non-hydrogen) atoms. The smallest absolute Gasteiger partial charge is 0.326 e. The van der Waals surface area contributed by atoms with Crippen LogP contribution in [0.2, 0.25) is 0 Å². The maximum Gasteiger partial charge on any atom is 0.326 e. The monoisotopic (exact) mass is 259 g/mol. The summed E-state index contributed by atoms with van der Waals surface area (Å²) in [5, 5.41) is 0. The number of hydrogen-bond acceptors (Lipinski definition) is 6. The first-order chi connectivity index (χ1) is 7.87. The molecule has 0 N–H and O–H groups in total. The van der Waals surface area contributed by atoms with E-state index < -0.39 is 28.4 Å². The Bertz CT molecular complexity index is 599. The molecule has 0 saturated heterocycles. The summed E-state index contributed by atoms with van der Waals surface area (Å²) < 4.78 is 33.6. The topological polar surface area (TPSA) is 93.9 Å². The van der Waals surface area contributed by atoms with Gasteiger partial charge in [0.25, 0.3) is 10.0 Å². The van der Waals surface area contributed by atoms with Crippen molar-refractivity contribution in [3.63, 3.8) is 0 Å². The minimum absolute atomic E-state index is 0.205. The highest BCUT2D eigenvalue weighted by molar-refractivity contribution is 7.90. The summed E-state index contributed by atoms with van der Waals surface area (Å²) in [5.74, 6) is -1.60. The zero-order valence-electron chi connectivity index (χ0n) is 9.09. The molecule has 0 aliphatic carbocycles. The molecular formula is C9H9NO6S. The zero-order chi connectivity index (χ0) is 12.8. The molecule has 1 aromatic heterocycles. The standard InChI is InChI=1S/C9H9NO6S/c1-5-3-6-8(16-5)9(12)10(17(6,13)14)4-7(11)15-2/h3H,4H2,1-2H3. The van der Waals surface area contributed by atoms with E-state index >= 15 is 0 Å². The van der Waals surface area contributed by atoms with E-state index in [1.54, 1.807) is 0 Å². The van der Waals surface area contributed by atoms with E-state index in [9.17, 15) is 18.0 Å². The van der Waals surface area contributed by atoms with Crippen LogP contribution in [0.15, 0.2) is 15.4 Å². The molecule has 1 aliphatic rings. The van der Waals surface area contributed by atoms with Gasteiger partial charge in [0.05, 0.1) is 7.11 Å². The lowest BCUT2D eigenvalue weighted by Crippen LogP contribution is -2.35. The number of nitrogens with zero attached hydrogens (tertiary/aromatic N) is 1. The molecule has 2 heterocycles. The van der Waals surface area contributed by atoms with Crippen LogP contribution in [0.1, 0.15) is 16.3 Å². The average molecular weight is 259 g/mol. The summed E-state index contributed by atoms with van der Waals surface area (Å²) in [7, 11) is -2.88. The van der Waals surface area contributed by atoms with E-state index in [0.29, 0.717) is 10.1 Å². The molecule has 8 heteroatoms. The molecule has 0 radical (unpaired) electrons. The van der Waals surface area contributed by atoms with Crippen LogP contribution in [-0.2, 0) is 19.6 Å². The Morgan fingerprint density at radius 1 is 1.53 bits per heavy atom. The van der Waals surface area contributed by atoms with Gasteiger partial charge in [-0.1, -0.05) is 0 Å². The molecule has 0 spiro atoms. The number of esters is 1. The molecule has 1 aromatic rings. The first kappa shape index (κ1) is 11.6. The Kier molecular flexibility index (Phi) is 2.46. The predicted octanol–water partition coefficient (Wildman–Crippen LogP) is -0.0945. The Balaban J connectivity index is 2.45. The Labute approximate surface area is 97.0 Å². The second-order valence-corrected chi connectivity index (χ2v) is 5.27. The fraction of sp³-hybridized carbons (Fsp3) is 0.333. The summed E-state index contributed by atoms with van der Waals surface area (Å²) >= 11 is 0. The summed E-state index contributed by atoms with van der Waals surface area (Å²) in [6, 6.07) is 1.25. The summed E-state index contributed by atoms with van der Waals surface area (Å²) in [6.45, 7) is 0.882. The van der Waals surface area contributed by atoms with Gasteiger partial charge < -0.3 is 9.15 Å². The van der Waals surface area contributed by atoms with Gasteiger partial charge in [0, 0.05) is 6.07 Å². The van der Waals surface area contributed by atoms with Crippen LogP contribution in [0.4, 0.5) is 0 Å². The van der Waals surface area contributed by atoms with Crippen molar-refractivity contribution >= 4 is 21.9 Å². The molecule has 1 aliphatic heterocycles. The van der Waals surface area contributed by atoms with Crippen molar-refractivity contribution in [2.24, 2.45) is 0 Å². The van der Waals surface area contributed by atoms with Crippen LogP contribution in [-0.4, -0.2) is 38.3 Å². The average Bonchev–Trinajstić information content (AvgIpc) is 2.72. The van der Waals surface area contributed by atoms with Gasteiger partial charge in [-0.15, -0.1) is 0 Å². The molecular weight excluding hydrogens is 250 g/mol. The van der Waals surface area contributed by atoms with Crippen molar-refractivity contribution in [1.82, 2.24) is 4.31 Å². The van der Waals surface area contributed by atoms with Crippen molar-refractivity contribution in [2.75, 3.05) is 13.7 Å². The minimum Gasteiger partial charge on any atom is -0.468 e. The summed E-state index contributed by atoms with van der Waals surface area (Å²) in [6.07, 6.45) is 0. The van der Waals surface area contributed by atoms with Crippen LogP contribution in [0.25, 0.3) is 0 Å². The van der Waals surface area contributed by atoms with Crippen LogP contribution in [0.5, 0.6) is 0 Å². The Hall–Kier alpha value is -1.83. The third-order valence-electron chi connectivity index (χ3n) is 2.31. The van der Waals surface area contributed by atoms with Gasteiger partial charge in [-0.2, -0.15) is 0 Å². The number of amides is 1. The van der Waals surface area contributed by atoms with E-state index in [4.69, 9.17) is 4.42 Å². The molecule has 0 fully saturated rings. The summed E-state index contributed by atoms with van der Waals surface area (Å²) in [4.78, 5) is 22.5. The number of ether oxygens (including phenoxy) is 1. The third kappa shape index (κ3) is 1.60. The van der Waals surface area contributed by atoms with Crippen molar-refractivity contribution in [2.45, 2.75) is 11.8 Å². The maximum absolute atomic E-state index is 11.9. The molecule has 1 amide bonds. The minimum atomic E-state index is -3.99. The van der Waals surface area contributed by atoms with Crippen LogP contribution in [0.3, 0.4) is 0 Å². The highest BCUT2D eigenvalue weighted by atomic mass is 32.2. The predicted molar refractivity (Wildman–Crippen MR) is 53.7 cm³/mol. The number of hydrogen-bond donors (Lipinski definition) is 0. The fourth-order valence-electron chi connectivity index (χ4n) is 1.51. The largest absolute Gasteiger partial charge is 0.468 e. The van der Waals surface area contributed by atoms with E-state index in [2.05, 4.69) is 4.74 Å². The van der Waals surface area contributed by atoms with Crippen molar-refractivity contribution in [1.29, 1.82) is 0 Å². The second kappa shape index (κ2) is 3.59. The SMILES string of the molecule is COC(=O)CN1C(=O)c2oc(C)cc2S1(=O)=O. The number of carbonyl (C=O) groups is 2. The molecule has 7 nitrogen and oxygen atoms in total. The second-order valence-electron chi connectivity index (χ2n) is 3.44. The molecule has 0 aromatic carbocycles. The van der Waals surface area contributed by atoms with Crippen molar-refractivity contribution in [3.05, 3.63) is 17.6 Å². The van der Waals surface area contributed by atoms with Gasteiger partial charge in [-0.25, -0.2) is 12.7 Å². The van der Waals surface area contributed by atoms with Crippen LogP contribution >= 0.6 is 0 Å². The normalized spacial score (nSPS) is 17.1. The van der Waals surface area contributed by atoms with E-state index in [0.717, 1.165) is 7.11 Å². The van der Waals surface area contributed by atoms with Gasteiger partial charge in [0.15, 0.2) is 0 Å². The molecule has 0 atom stereocenters. The van der Waals surface area contributed by atoms with Gasteiger partial charge in [0.1, 0.15) is 17.2 Å². The number of aryl methyl sites for hydroxylation is 1. The van der Waals surface area contributed by atoms with Crippen LogP contribution in [0, 0.1) is 6.92 Å². The van der Waals surface area contributed by atoms with Gasteiger partial charge in [-0.3, -0.25) is 9.59 Å². The number of carbonyl (C=O) groups excluding carboxylic acids is 2. The van der Waals surface area contributed by atoms with Gasteiger partial charge >= 0.3 is 11.9 Å². The third-order valence-corrected chi connectivity index (χ3v) is 4.04. The van der Waals surface area contributed by atoms with Crippen molar-refractivity contribution < 1.29 is 27.2 Å². The summed E-state index contributed by atoms with van der Waals surface area (Å²) in [5.41, 5.74) is 0. The van der Waals surface area contributed by atoms with Gasteiger partial charge in [0.2, 0.25) is 5.76 Å². The quantitative estimate of drug-likeness (QED) is 0.689.